The Balaban J connectivity index is 2.47. The number of carbonyl (C=O) groups is 1. The summed E-state index contributed by atoms with van der Waals surface area (Å²) >= 11 is 0. The highest BCUT2D eigenvalue weighted by atomic mass is 16.6. The fraction of sp³-hybridized carbons (Fsp3) is 0.500. The molecule has 0 radical (unpaired) electrons. The Morgan fingerprint density at radius 2 is 2.24 bits per heavy atom. The molecule has 0 aliphatic carbocycles. The van der Waals surface area contributed by atoms with Crippen molar-refractivity contribution >= 4 is 17.5 Å². The molecule has 21 heavy (non-hydrogen) atoms. The zero-order valence-electron chi connectivity index (χ0n) is 11.6. The summed E-state index contributed by atoms with van der Waals surface area (Å²) in [5.41, 5.74) is -0.265. The van der Waals surface area contributed by atoms with Gasteiger partial charge in [0.2, 0.25) is 11.7 Å². The van der Waals surface area contributed by atoms with Gasteiger partial charge in [-0.3, -0.25) is 10.1 Å². The predicted octanol–water partition coefficient (Wildman–Crippen LogP) is 0.677. The van der Waals surface area contributed by atoms with Crippen molar-refractivity contribution in [3.05, 3.63) is 22.2 Å². The molecule has 0 bridgehead atoms. The Morgan fingerprint density at radius 1 is 1.52 bits per heavy atom. The summed E-state index contributed by atoms with van der Waals surface area (Å²) in [7, 11) is 2.86. The first-order valence-electron chi connectivity index (χ1n) is 6.19. The van der Waals surface area contributed by atoms with Crippen LogP contribution < -0.4 is 9.64 Å². The second kappa shape index (κ2) is 5.92. The molecule has 1 N–H and O–H groups in total. The van der Waals surface area contributed by atoms with E-state index in [0.717, 1.165) is 0 Å². The molecule has 1 saturated heterocycles. The number of carboxylic acids is 1. The van der Waals surface area contributed by atoms with Crippen LogP contribution in [0.15, 0.2) is 12.1 Å². The molecule has 2 unspecified atom stereocenters. The molecule has 1 aliphatic heterocycles. The van der Waals surface area contributed by atoms with Gasteiger partial charge in [0.1, 0.15) is 6.04 Å². The van der Waals surface area contributed by atoms with Gasteiger partial charge in [0.05, 0.1) is 18.1 Å². The summed E-state index contributed by atoms with van der Waals surface area (Å²) < 4.78 is 10.1. The molecule has 2 rings (SSSR count). The largest absolute Gasteiger partial charge is 0.481 e. The molecular formula is C12H15N3O6. The fourth-order valence-electron chi connectivity index (χ4n) is 2.33. The summed E-state index contributed by atoms with van der Waals surface area (Å²) in [6.07, 6.45) is -0.0827. The number of anilines is 1. The minimum absolute atomic E-state index is 0.0219. The van der Waals surface area contributed by atoms with Crippen LogP contribution in [0.1, 0.15) is 6.42 Å². The van der Waals surface area contributed by atoms with Crippen LogP contribution in [-0.4, -0.2) is 53.9 Å². The Morgan fingerprint density at radius 3 is 2.76 bits per heavy atom. The van der Waals surface area contributed by atoms with Gasteiger partial charge < -0.3 is 19.5 Å². The van der Waals surface area contributed by atoms with Gasteiger partial charge in [0.25, 0.3) is 0 Å². The molecule has 0 aromatic carbocycles. The van der Waals surface area contributed by atoms with Crippen molar-refractivity contribution < 1.29 is 24.3 Å². The first kappa shape index (κ1) is 15.0. The Hall–Kier alpha value is -2.42. The van der Waals surface area contributed by atoms with Gasteiger partial charge in [-0.05, 0) is 0 Å². The predicted molar refractivity (Wildman–Crippen MR) is 71.6 cm³/mol. The van der Waals surface area contributed by atoms with E-state index >= 15 is 0 Å². The molecule has 2 heterocycles. The Bertz CT molecular complexity index is 564. The van der Waals surface area contributed by atoms with Gasteiger partial charge in [-0.2, -0.15) is 4.98 Å². The highest BCUT2D eigenvalue weighted by molar-refractivity contribution is 5.80. The normalized spacial score (nSPS) is 21.3. The highest BCUT2D eigenvalue weighted by Gasteiger charge is 2.40. The van der Waals surface area contributed by atoms with E-state index in [0.29, 0.717) is 0 Å². The summed E-state index contributed by atoms with van der Waals surface area (Å²) in [5, 5.41) is 20.4. The van der Waals surface area contributed by atoms with Crippen molar-refractivity contribution in [1.29, 1.82) is 0 Å². The maximum Gasteiger partial charge on any atom is 0.326 e. The summed E-state index contributed by atoms with van der Waals surface area (Å²) in [5.74, 6) is -0.916. The van der Waals surface area contributed by atoms with Crippen molar-refractivity contribution in [1.82, 2.24) is 4.98 Å². The van der Waals surface area contributed by atoms with Gasteiger partial charge in [0, 0.05) is 32.2 Å². The number of hydrogen-bond acceptors (Lipinski definition) is 7. The number of hydrogen-bond donors (Lipinski definition) is 1. The van der Waals surface area contributed by atoms with Crippen LogP contribution in [0, 0.1) is 10.1 Å². The van der Waals surface area contributed by atoms with E-state index in [9.17, 15) is 20.0 Å². The highest BCUT2D eigenvalue weighted by Crippen LogP contribution is 2.34. The fourth-order valence-corrected chi connectivity index (χ4v) is 2.33. The number of aliphatic carboxylic acids is 1. The van der Waals surface area contributed by atoms with Crippen LogP contribution in [0.3, 0.4) is 0 Å². The van der Waals surface area contributed by atoms with Crippen molar-refractivity contribution in [2.45, 2.75) is 18.6 Å². The monoisotopic (exact) mass is 297 g/mol. The third-order valence-electron chi connectivity index (χ3n) is 3.39. The summed E-state index contributed by atoms with van der Waals surface area (Å²) in [6, 6.07) is 1.69. The second-order valence-corrected chi connectivity index (χ2v) is 4.55. The molecule has 0 spiro atoms. The number of rotatable bonds is 5. The Labute approximate surface area is 120 Å². The van der Waals surface area contributed by atoms with Crippen LogP contribution in [-0.2, 0) is 9.53 Å². The SMILES string of the molecule is COc1ccc([N+](=O)[O-])c(N2CC(OC)CC2C(=O)O)n1. The zero-order valence-corrected chi connectivity index (χ0v) is 11.6. The number of pyridine rings is 1. The van der Waals surface area contributed by atoms with Gasteiger partial charge in [-0.25, -0.2) is 4.79 Å². The maximum atomic E-state index is 11.4. The average Bonchev–Trinajstić information content (AvgIpc) is 2.90. The lowest BCUT2D eigenvalue weighted by Crippen LogP contribution is -2.37. The van der Waals surface area contributed by atoms with Gasteiger partial charge >= 0.3 is 11.7 Å². The minimum atomic E-state index is -1.08. The number of nitro groups is 1. The molecule has 1 aromatic rings. The first-order valence-corrected chi connectivity index (χ1v) is 6.19. The van der Waals surface area contributed by atoms with Crippen molar-refractivity contribution in [3.8, 4) is 5.88 Å². The van der Waals surface area contributed by atoms with Gasteiger partial charge in [-0.1, -0.05) is 0 Å². The lowest BCUT2D eigenvalue weighted by Gasteiger charge is -2.22. The van der Waals surface area contributed by atoms with E-state index < -0.39 is 16.9 Å². The van der Waals surface area contributed by atoms with Crippen LogP contribution in [0.2, 0.25) is 0 Å². The molecule has 9 nitrogen and oxygen atoms in total. The van der Waals surface area contributed by atoms with E-state index in [4.69, 9.17) is 9.47 Å². The smallest absolute Gasteiger partial charge is 0.326 e. The average molecular weight is 297 g/mol. The van der Waals surface area contributed by atoms with E-state index in [1.54, 1.807) is 0 Å². The third-order valence-corrected chi connectivity index (χ3v) is 3.39. The molecule has 114 valence electrons. The molecule has 0 saturated carbocycles. The van der Waals surface area contributed by atoms with E-state index in [1.165, 1.54) is 31.3 Å². The van der Waals surface area contributed by atoms with E-state index in [-0.39, 0.29) is 36.5 Å². The molecule has 1 aliphatic rings. The quantitative estimate of drug-likeness (QED) is 0.623. The molecule has 1 fully saturated rings. The van der Waals surface area contributed by atoms with Crippen molar-refractivity contribution in [2.75, 3.05) is 25.7 Å². The number of methoxy groups -OCH3 is 2. The minimum Gasteiger partial charge on any atom is -0.481 e. The maximum absolute atomic E-state index is 11.4. The zero-order chi connectivity index (χ0) is 15.6. The van der Waals surface area contributed by atoms with E-state index in [2.05, 4.69) is 4.98 Å². The molecule has 1 aromatic heterocycles. The summed E-state index contributed by atoms with van der Waals surface area (Å²) in [4.78, 5) is 27.3. The van der Waals surface area contributed by atoms with E-state index in [1.807, 2.05) is 0 Å². The molecule has 0 amide bonds. The lowest BCUT2D eigenvalue weighted by atomic mass is 10.2. The van der Waals surface area contributed by atoms with Gasteiger partial charge in [-0.15, -0.1) is 0 Å². The van der Waals surface area contributed by atoms with Crippen molar-refractivity contribution in [2.24, 2.45) is 0 Å². The number of aromatic nitrogens is 1. The third kappa shape index (κ3) is 2.87. The van der Waals surface area contributed by atoms with Crippen LogP contribution in [0.25, 0.3) is 0 Å². The second-order valence-electron chi connectivity index (χ2n) is 4.55. The molecule has 2 atom stereocenters. The number of ether oxygens (including phenoxy) is 2. The molecule has 9 heteroatoms. The Kier molecular flexibility index (Phi) is 4.22. The first-order chi connectivity index (χ1) is 9.97. The van der Waals surface area contributed by atoms with Crippen LogP contribution in [0.4, 0.5) is 11.5 Å². The topological polar surface area (TPSA) is 115 Å². The standard InChI is InChI=1S/C12H15N3O6/c1-20-7-5-9(12(16)17)14(6-7)11-8(15(18)19)3-4-10(13-11)21-2/h3-4,7,9H,5-6H2,1-2H3,(H,16,17). The lowest BCUT2D eigenvalue weighted by molar-refractivity contribution is -0.384. The van der Waals surface area contributed by atoms with Gasteiger partial charge in [0.15, 0.2) is 0 Å². The number of carboxylic acid groups (broad SMARTS) is 1. The number of nitrogens with zero attached hydrogens (tertiary/aromatic N) is 3. The summed E-state index contributed by atoms with van der Waals surface area (Å²) in [6.45, 7) is 0.217. The van der Waals surface area contributed by atoms with Crippen molar-refractivity contribution in [3.63, 3.8) is 0 Å². The molecular weight excluding hydrogens is 282 g/mol. The van der Waals surface area contributed by atoms with Crippen LogP contribution in [0.5, 0.6) is 5.88 Å². The van der Waals surface area contributed by atoms with Crippen LogP contribution >= 0.6 is 0 Å².